The van der Waals surface area contributed by atoms with Crippen molar-refractivity contribution in [1.29, 1.82) is 0 Å². The molecular formula is C14H22N2O4. The van der Waals surface area contributed by atoms with Crippen LogP contribution < -0.4 is 11.1 Å². The van der Waals surface area contributed by atoms with Gasteiger partial charge in [0.05, 0.1) is 6.04 Å². The average molecular weight is 282 g/mol. The number of carbonyl (C=O) groups is 1. The summed E-state index contributed by atoms with van der Waals surface area (Å²) < 4.78 is 0. The van der Waals surface area contributed by atoms with Gasteiger partial charge in [0, 0.05) is 13.2 Å². The molecule has 1 amide bonds. The highest BCUT2D eigenvalue weighted by Crippen LogP contribution is 2.25. The van der Waals surface area contributed by atoms with E-state index in [4.69, 9.17) is 10.8 Å². The molecule has 0 fully saturated rings. The van der Waals surface area contributed by atoms with Gasteiger partial charge in [0.2, 0.25) is 5.91 Å². The first-order valence-corrected chi connectivity index (χ1v) is 6.69. The first kappa shape index (κ1) is 16.3. The lowest BCUT2D eigenvalue weighted by Gasteiger charge is -2.12. The fraction of sp³-hybridized carbons (Fsp3) is 0.500. The first-order chi connectivity index (χ1) is 9.54. The number of unbranched alkanes of at least 4 members (excludes halogenated alkanes) is 2. The van der Waals surface area contributed by atoms with Crippen LogP contribution in [-0.4, -0.2) is 40.4 Å². The van der Waals surface area contributed by atoms with Gasteiger partial charge in [-0.15, -0.1) is 0 Å². The van der Waals surface area contributed by atoms with Crippen LogP contribution in [-0.2, 0) is 11.2 Å². The molecule has 20 heavy (non-hydrogen) atoms. The summed E-state index contributed by atoms with van der Waals surface area (Å²) in [6.45, 7) is 0.700. The van der Waals surface area contributed by atoms with E-state index in [1.807, 2.05) is 0 Å². The minimum Gasteiger partial charge on any atom is -0.504 e. The number of nitrogens with two attached hydrogens (primary N) is 1. The Morgan fingerprint density at radius 3 is 2.60 bits per heavy atom. The number of aliphatic hydroxyl groups is 1. The Hall–Kier alpha value is -1.79. The van der Waals surface area contributed by atoms with Crippen molar-refractivity contribution in [1.82, 2.24) is 5.32 Å². The van der Waals surface area contributed by atoms with E-state index in [1.54, 1.807) is 6.07 Å². The zero-order chi connectivity index (χ0) is 15.0. The molecule has 0 bridgehead atoms. The number of nitrogens with one attached hydrogen (secondary N) is 1. The van der Waals surface area contributed by atoms with Crippen LogP contribution in [0.15, 0.2) is 18.2 Å². The van der Waals surface area contributed by atoms with Gasteiger partial charge in [-0.25, -0.2) is 0 Å². The third-order valence-corrected chi connectivity index (χ3v) is 2.97. The van der Waals surface area contributed by atoms with Crippen molar-refractivity contribution in [2.45, 2.75) is 31.7 Å². The highest BCUT2D eigenvalue weighted by atomic mass is 16.3. The molecule has 0 spiro atoms. The third-order valence-electron chi connectivity index (χ3n) is 2.97. The summed E-state index contributed by atoms with van der Waals surface area (Å²) in [5, 5.41) is 29.9. The fourth-order valence-corrected chi connectivity index (χ4v) is 1.80. The van der Waals surface area contributed by atoms with Gasteiger partial charge in [0.25, 0.3) is 0 Å². The maximum absolute atomic E-state index is 11.7. The molecule has 0 saturated carbocycles. The summed E-state index contributed by atoms with van der Waals surface area (Å²) in [6.07, 6.45) is 2.68. The monoisotopic (exact) mass is 282 g/mol. The van der Waals surface area contributed by atoms with E-state index in [2.05, 4.69) is 5.32 Å². The second kappa shape index (κ2) is 8.39. The molecule has 0 radical (unpaired) electrons. The topological polar surface area (TPSA) is 116 Å². The summed E-state index contributed by atoms with van der Waals surface area (Å²) in [4.78, 5) is 11.7. The number of carbonyl (C=O) groups excluding carboxylic acids is 1. The van der Waals surface area contributed by atoms with Crippen LogP contribution in [0.3, 0.4) is 0 Å². The van der Waals surface area contributed by atoms with Crippen molar-refractivity contribution in [3.8, 4) is 11.5 Å². The van der Waals surface area contributed by atoms with E-state index in [0.717, 1.165) is 19.3 Å². The zero-order valence-corrected chi connectivity index (χ0v) is 11.4. The van der Waals surface area contributed by atoms with Crippen molar-refractivity contribution < 1.29 is 20.1 Å². The van der Waals surface area contributed by atoms with Gasteiger partial charge in [0.1, 0.15) is 0 Å². The lowest BCUT2D eigenvalue weighted by Crippen LogP contribution is -2.42. The van der Waals surface area contributed by atoms with Crippen molar-refractivity contribution >= 4 is 5.91 Å². The number of phenols is 2. The van der Waals surface area contributed by atoms with Crippen LogP contribution in [0.1, 0.15) is 24.8 Å². The van der Waals surface area contributed by atoms with Crippen LogP contribution in [0.5, 0.6) is 11.5 Å². The molecule has 0 unspecified atom stereocenters. The number of hydrogen-bond acceptors (Lipinski definition) is 5. The van der Waals surface area contributed by atoms with Crippen molar-refractivity contribution in [2.75, 3.05) is 13.2 Å². The number of hydrogen-bond donors (Lipinski definition) is 5. The average Bonchev–Trinajstić information content (AvgIpc) is 2.42. The summed E-state index contributed by atoms with van der Waals surface area (Å²) in [5.74, 6) is -0.670. The summed E-state index contributed by atoms with van der Waals surface area (Å²) in [5.41, 5.74) is 6.47. The SMILES string of the molecule is N[C@@H](Cc1ccc(O)c(O)c1)C(=O)NCCCCCO. The molecule has 0 aliphatic heterocycles. The fourth-order valence-electron chi connectivity index (χ4n) is 1.80. The molecule has 112 valence electrons. The van der Waals surface area contributed by atoms with E-state index in [1.165, 1.54) is 12.1 Å². The molecule has 1 rings (SSSR count). The van der Waals surface area contributed by atoms with E-state index < -0.39 is 6.04 Å². The Morgan fingerprint density at radius 1 is 1.20 bits per heavy atom. The predicted octanol–water partition coefficient (Wildman–Crippen LogP) is 0.246. The minimum atomic E-state index is -0.697. The minimum absolute atomic E-state index is 0.164. The van der Waals surface area contributed by atoms with Gasteiger partial charge in [-0.2, -0.15) is 0 Å². The van der Waals surface area contributed by atoms with Crippen molar-refractivity contribution in [3.05, 3.63) is 23.8 Å². The molecule has 1 aromatic carbocycles. The molecular weight excluding hydrogens is 260 g/mol. The maximum atomic E-state index is 11.7. The molecule has 6 heteroatoms. The van der Waals surface area contributed by atoms with Crippen LogP contribution in [0, 0.1) is 0 Å². The lowest BCUT2D eigenvalue weighted by atomic mass is 10.1. The van der Waals surface area contributed by atoms with Crippen molar-refractivity contribution in [3.63, 3.8) is 0 Å². The second-order valence-corrected chi connectivity index (χ2v) is 4.71. The molecule has 1 atom stereocenters. The van der Waals surface area contributed by atoms with Gasteiger partial charge in [-0.05, 0) is 43.4 Å². The molecule has 0 heterocycles. The Bertz CT molecular complexity index is 437. The number of phenolic OH excluding ortho intramolecular Hbond substituents is 2. The van der Waals surface area contributed by atoms with E-state index in [0.29, 0.717) is 12.1 Å². The summed E-state index contributed by atoms with van der Waals surface area (Å²) in [7, 11) is 0. The van der Waals surface area contributed by atoms with Gasteiger partial charge in [-0.1, -0.05) is 6.07 Å². The number of benzene rings is 1. The van der Waals surface area contributed by atoms with E-state index >= 15 is 0 Å². The van der Waals surface area contributed by atoms with E-state index in [-0.39, 0.29) is 30.4 Å². The first-order valence-electron chi connectivity index (χ1n) is 6.69. The third kappa shape index (κ3) is 5.46. The number of aromatic hydroxyl groups is 2. The van der Waals surface area contributed by atoms with Gasteiger partial charge in [0.15, 0.2) is 11.5 Å². The van der Waals surface area contributed by atoms with Crippen LogP contribution in [0.25, 0.3) is 0 Å². The van der Waals surface area contributed by atoms with Crippen LogP contribution in [0.2, 0.25) is 0 Å². The highest BCUT2D eigenvalue weighted by molar-refractivity contribution is 5.81. The van der Waals surface area contributed by atoms with Crippen LogP contribution >= 0.6 is 0 Å². The second-order valence-electron chi connectivity index (χ2n) is 4.71. The van der Waals surface area contributed by atoms with E-state index in [9.17, 15) is 15.0 Å². The standard InChI is InChI=1S/C14H22N2O4/c15-11(14(20)16-6-2-1-3-7-17)8-10-4-5-12(18)13(19)9-10/h4-5,9,11,17-19H,1-3,6-8,15H2,(H,16,20)/t11-/m0/s1. The van der Waals surface area contributed by atoms with Gasteiger partial charge in [-0.3, -0.25) is 4.79 Å². The maximum Gasteiger partial charge on any atom is 0.237 e. The van der Waals surface area contributed by atoms with Gasteiger partial charge < -0.3 is 26.4 Å². The normalized spacial score (nSPS) is 12.1. The summed E-state index contributed by atoms with van der Waals surface area (Å²) >= 11 is 0. The Morgan fingerprint density at radius 2 is 1.95 bits per heavy atom. The molecule has 0 aliphatic carbocycles. The largest absolute Gasteiger partial charge is 0.504 e. The number of aliphatic hydroxyl groups excluding tert-OH is 1. The Balaban J connectivity index is 2.35. The molecule has 0 aliphatic rings. The number of amides is 1. The van der Waals surface area contributed by atoms with Gasteiger partial charge >= 0.3 is 0 Å². The molecule has 6 nitrogen and oxygen atoms in total. The predicted molar refractivity (Wildman–Crippen MR) is 75.4 cm³/mol. The zero-order valence-electron chi connectivity index (χ0n) is 11.4. The summed E-state index contributed by atoms with van der Waals surface area (Å²) in [6, 6.07) is 3.67. The molecule has 0 aromatic heterocycles. The molecule has 1 aromatic rings. The Kier molecular flexibility index (Phi) is 6.83. The highest BCUT2D eigenvalue weighted by Gasteiger charge is 2.14. The molecule has 0 saturated heterocycles. The molecule has 6 N–H and O–H groups in total. The number of rotatable bonds is 8. The smallest absolute Gasteiger partial charge is 0.237 e. The Labute approximate surface area is 118 Å². The van der Waals surface area contributed by atoms with Crippen molar-refractivity contribution in [2.24, 2.45) is 5.73 Å². The van der Waals surface area contributed by atoms with Crippen LogP contribution in [0.4, 0.5) is 0 Å². The quantitative estimate of drug-likeness (QED) is 0.346. The lowest BCUT2D eigenvalue weighted by molar-refractivity contribution is -0.122.